The lowest BCUT2D eigenvalue weighted by atomic mass is 9.33. The summed E-state index contributed by atoms with van der Waals surface area (Å²) in [5, 5.41) is 11.9. The average molecular weight is 540 g/mol. The molecule has 0 unspecified atom stereocenters. The second-order valence-electron chi connectivity index (χ2n) is 16.8. The van der Waals surface area contributed by atoms with E-state index in [2.05, 4.69) is 84.9 Å². The highest BCUT2D eigenvalue weighted by Crippen LogP contribution is 2.75. The Bertz CT molecular complexity index is 1450. The molecule has 2 aromatic rings. The van der Waals surface area contributed by atoms with Crippen LogP contribution in [0.4, 0.5) is 0 Å². The van der Waals surface area contributed by atoms with E-state index in [0.29, 0.717) is 11.8 Å². The van der Waals surface area contributed by atoms with E-state index in [9.17, 15) is 9.90 Å². The molecule has 7 rings (SSSR count). The summed E-state index contributed by atoms with van der Waals surface area (Å²) in [4.78, 5) is 18.3. The van der Waals surface area contributed by atoms with Gasteiger partial charge in [0.2, 0.25) is 0 Å². The van der Waals surface area contributed by atoms with Crippen molar-refractivity contribution in [1.29, 1.82) is 0 Å². The fraction of sp³-hybridized carbons (Fsp3) is 0.676. The Morgan fingerprint density at radius 3 is 2.40 bits per heavy atom. The number of rotatable bonds is 1. The van der Waals surface area contributed by atoms with Gasteiger partial charge >= 0.3 is 5.97 Å². The van der Waals surface area contributed by atoms with Crippen molar-refractivity contribution in [1.82, 2.24) is 4.98 Å². The molecular weight excluding hydrogens is 490 g/mol. The maximum Gasteiger partial charge on any atom is 0.310 e. The predicted octanol–water partition coefficient (Wildman–Crippen LogP) is 9.13. The van der Waals surface area contributed by atoms with Gasteiger partial charge in [-0.25, -0.2) is 0 Å². The minimum Gasteiger partial charge on any atom is -0.481 e. The minimum absolute atomic E-state index is 0.0248. The molecule has 3 fully saturated rings. The van der Waals surface area contributed by atoms with Gasteiger partial charge in [0.05, 0.1) is 16.6 Å². The van der Waals surface area contributed by atoms with Crippen LogP contribution < -0.4 is 0 Å². The molecular formula is C37H49NO2. The molecule has 1 aromatic heterocycles. The number of para-hydroxylation sites is 1. The Kier molecular flexibility index (Phi) is 5.35. The van der Waals surface area contributed by atoms with Gasteiger partial charge in [0.1, 0.15) is 0 Å². The lowest BCUT2D eigenvalue weighted by molar-refractivity contribution is -0.177. The number of aliphatic carboxylic acids is 1. The summed E-state index contributed by atoms with van der Waals surface area (Å²) in [5.41, 5.74) is 5.51. The van der Waals surface area contributed by atoms with Crippen LogP contribution in [0.3, 0.4) is 0 Å². The summed E-state index contributed by atoms with van der Waals surface area (Å²) in [5.74, 6) is 0.813. The van der Waals surface area contributed by atoms with E-state index in [-0.39, 0.29) is 33.0 Å². The van der Waals surface area contributed by atoms with Crippen LogP contribution in [-0.4, -0.2) is 16.1 Å². The molecule has 40 heavy (non-hydrogen) atoms. The zero-order valence-electron chi connectivity index (χ0n) is 25.9. The van der Waals surface area contributed by atoms with Gasteiger partial charge in [-0.3, -0.25) is 9.78 Å². The van der Waals surface area contributed by atoms with Crippen LogP contribution in [0.2, 0.25) is 0 Å². The van der Waals surface area contributed by atoms with E-state index in [1.807, 2.05) is 0 Å². The predicted molar refractivity (Wildman–Crippen MR) is 162 cm³/mol. The summed E-state index contributed by atoms with van der Waals surface area (Å²) >= 11 is 0. The van der Waals surface area contributed by atoms with Crippen LogP contribution in [0.5, 0.6) is 0 Å². The number of benzene rings is 1. The number of hydrogen-bond acceptors (Lipinski definition) is 2. The van der Waals surface area contributed by atoms with Crippen molar-refractivity contribution >= 4 is 16.9 Å². The zero-order chi connectivity index (χ0) is 28.5. The number of carboxylic acid groups (broad SMARTS) is 1. The van der Waals surface area contributed by atoms with E-state index in [0.717, 1.165) is 50.5 Å². The first-order valence-corrected chi connectivity index (χ1v) is 16.0. The summed E-state index contributed by atoms with van der Waals surface area (Å²) in [6, 6.07) is 11.1. The van der Waals surface area contributed by atoms with E-state index in [1.165, 1.54) is 35.1 Å². The number of pyridine rings is 1. The van der Waals surface area contributed by atoms with Gasteiger partial charge < -0.3 is 5.11 Å². The number of fused-ring (bicyclic) bond motifs is 9. The Morgan fingerprint density at radius 1 is 0.925 bits per heavy atom. The number of aromatic nitrogens is 1. The van der Waals surface area contributed by atoms with Crippen LogP contribution in [0.25, 0.3) is 10.9 Å². The van der Waals surface area contributed by atoms with Crippen molar-refractivity contribution in [2.45, 2.75) is 112 Å². The SMILES string of the molecule is CC1(C)CC[C@]2(C(=O)O)CC[C@]3(C)C(=CC[C@@H]4[C@@]5(C)Cc6cc7ccccc7nc6C(C)(C)[C@@H]5CC[C@]43C)[C@@H]2C1. The lowest BCUT2D eigenvalue weighted by Crippen LogP contribution is -2.64. The van der Waals surface area contributed by atoms with Crippen molar-refractivity contribution < 1.29 is 9.90 Å². The molecule has 0 bridgehead atoms. The molecule has 5 aliphatic rings. The fourth-order valence-electron chi connectivity index (χ4n) is 11.9. The molecule has 0 amide bonds. The third-order valence-corrected chi connectivity index (χ3v) is 14.2. The van der Waals surface area contributed by atoms with E-state index >= 15 is 0 Å². The van der Waals surface area contributed by atoms with Gasteiger partial charge in [-0.15, -0.1) is 0 Å². The minimum atomic E-state index is -0.566. The number of carbonyl (C=O) groups is 1. The summed E-state index contributed by atoms with van der Waals surface area (Å²) in [6.45, 7) is 17.5. The average Bonchev–Trinajstić information content (AvgIpc) is 2.87. The highest BCUT2D eigenvalue weighted by atomic mass is 16.4. The Balaban J connectivity index is 1.35. The molecule has 214 valence electrons. The smallest absolute Gasteiger partial charge is 0.310 e. The van der Waals surface area contributed by atoms with Crippen LogP contribution >= 0.6 is 0 Å². The van der Waals surface area contributed by atoms with Crippen LogP contribution in [0.15, 0.2) is 42.0 Å². The van der Waals surface area contributed by atoms with Gasteiger partial charge in [0.25, 0.3) is 0 Å². The second-order valence-corrected chi connectivity index (χ2v) is 16.8. The topological polar surface area (TPSA) is 50.2 Å². The maximum atomic E-state index is 13.0. The Hall–Kier alpha value is -2.16. The standard InChI is InChI=1S/C37H49NO2/c1-32(2)16-18-37(31(39)40)19-17-35(6)25(26(37)22-32)12-13-29-34(5)21-24-20-23-10-8-9-11-27(23)38-30(24)33(3,4)28(34)14-15-36(29,35)7/h8-12,20,26,28-29H,13-19,21-22H2,1-7H3,(H,39,40)/t26-,28-,29+,34-,35+,36+,37-/m0/s1. The van der Waals surface area contributed by atoms with Gasteiger partial charge in [-0.05, 0) is 115 Å². The Labute approximate surface area is 241 Å². The van der Waals surface area contributed by atoms with Crippen molar-refractivity contribution in [3.8, 4) is 0 Å². The molecule has 7 atom stereocenters. The summed E-state index contributed by atoms with van der Waals surface area (Å²) < 4.78 is 0. The molecule has 0 spiro atoms. The second kappa shape index (κ2) is 8.01. The molecule has 0 radical (unpaired) electrons. The van der Waals surface area contributed by atoms with Crippen molar-refractivity contribution in [3.05, 3.63) is 53.2 Å². The van der Waals surface area contributed by atoms with Crippen molar-refractivity contribution in [2.24, 2.45) is 44.8 Å². The Morgan fingerprint density at radius 2 is 1.65 bits per heavy atom. The lowest BCUT2D eigenvalue weighted by Gasteiger charge is -2.70. The molecule has 1 heterocycles. The summed E-state index contributed by atoms with van der Waals surface area (Å²) in [6.07, 6.45) is 12.0. The molecule has 1 aromatic carbocycles. The maximum absolute atomic E-state index is 13.0. The van der Waals surface area contributed by atoms with E-state index in [4.69, 9.17) is 4.98 Å². The first kappa shape index (κ1) is 26.7. The first-order valence-electron chi connectivity index (χ1n) is 16.0. The molecule has 3 nitrogen and oxygen atoms in total. The molecule has 3 heteroatoms. The van der Waals surface area contributed by atoms with Crippen LogP contribution in [-0.2, 0) is 16.6 Å². The fourth-order valence-corrected chi connectivity index (χ4v) is 11.9. The number of allylic oxidation sites excluding steroid dienone is 2. The number of hydrogen-bond donors (Lipinski definition) is 1. The van der Waals surface area contributed by atoms with Gasteiger partial charge in [-0.1, -0.05) is 78.3 Å². The normalized spacial score (nSPS) is 42.9. The first-order chi connectivity index (χ1) is 18.7. The van der Waals surface area contributed by atoms with E-state index in [1.54, 1.807) is 0 Å². The molecule has 0 saturated heterocycles. The quantitative estimate of drug-likeness (QED) is 0.368. The third kappa shape index (κ3) is 3.19. The van der Waals surface area contributed by atoms with Gasteiger partial charge in [0.15, 0.2) is 0 Å². The van der Waals surface area contributed by atoms with Crippen LogP contribution in [0.1, 0.15) is 111 Å². The molecule has 5 aliphatic carbocycles. The monoisotopic (exact) mass is 539 g/mol. The van der Waals surface area contributed by atoms with Gasteiger partial charge in [-0.2, -0.15) is 0 Å². The van der Waals surface area contributed by atoms with Gasteiger partial charge in [0, 0.05) is 10.8 Å². The number of carboxylic acids is 1. The van der Waals surface area contributed by atoms with Crippen molar-refractivity contribution in [2.75, 3.05) is 0 Å². The largest absolute Gasteiger partial charge is 0.481 e. The molecule has 0 aliphatic heterocycles. The highest BCUT2D eigenvalue weighted by molar-refractivity contribution is 5.80. The molecule has 1 N–H and O–H groups in total. The summed E-state index contributed by atoms with van der Waals surface area (Å²) in [7, 11) is 0. The zero-order valence-corrected chi connectivity index (χ0v) is 25.9. The third-order valence-electron chi connectivity index (χ3n) is 14.2. The van der Waals surface area contributed by atoms with Crippen molar-refractivity contribution in [3.63, 3.8) is 0 Å². The molecule has 3 saturated carbocycles. The highest BCUT2D eigenvalue weighted by Gasteiger charge is 2.69. The van der Waals surface area contributed by atoms with Crippen LogP contribution in [0, 0.1) is 44.8 Å². The van der Waals surface area contributed by atoms with E-state index < -0.39 is 11.4 Å². The number of nitrogens with zero attached hydrogens (tertiary/aromatic N) is 1.